The lowest BCUT2D eigenvalue weighted by Gasteiger charge is -2.07. The summed E-state index contributed by atoms with van der Waals surface area (Å²) in [5.41, 5.74) is 6.68. The summed E-state index contributed by atoms with van der Waals surface area (Å²) in [4.78, 5) is 12.1. The molecule has 0 amide bonds. The number of esters is 1. The van der Waals surface area contributed by atoms with Crippen molar-refractivity contribution < 1.29 is 19.4 Å². The quantitative estimate of drug-likeness (QED) is 0.257. The molecule has 0 aliphatic rings. The number of nitrogen functional groups attached to an aromatic ring is 1. The second kappa shape index (κ2) is 7.32. The van der Waals surface area contributed by atoms with Gasteiger partial charge in [0.1, 0.15) is 23.1 Å². The van der Waals surface area contributed by atoms with Crippen molar-refractivity contribution in [1.29, 1.82) is 5.41 Å². The molecule has 24 heavy (non-hydrogen) atoms. The van der Waals surface area contributed by atoms with Gasteiger partial charge in [-0.25, -0.2) is 4.79 Å². The summed E-state index contributed by atoms with van der Waals surface area (Å²) >= 11 is 0. The molecule has 4 N–H and O–H groups in total. The van der Waals surface area contributed by atoms with Gasteiger partial charge in [0.15, 0.2) is 0 Å². The molecule has 0 fully saturated rings. The first kappa shape index (κ1) is 17.1. The largest absolute Gasteiger partial charge is 0.507 e. The number of carbonyl (C=O) groups excluding carboxylic acids is 1. The zero-order chi connectivity index (χ0) is 17.7. The number of amidine groups is 1. The maximum Gasteiger partial charge on any atom is 0.339 e. The fraction of sp³-hybridized carbons (Fsp3) is 0.111. The van der Waals surface area contributed by atoms with E-state index in [1.165, 1.54) is 19.3 Å². The van der Waals surface area contributed by atoms with Crippen LogP contribution in [0.2, 0.25) is 0 Å². The molecule has 0 saturated carbocycles. The molecule has 0 aliphatic carbocycles. The Morgan fingerprint density at radius 3 is 2.38 bits per heavy atom. The van der Waals surface area contributed by atoms with Crippen LogP contribution < -0.4 is 15.2 Å². The van der Waals surface area contributed by atoms with E-state index in [9.17, 15) is 9.90 Å². The van der Waals surface area contributed by atoms with Gasteiger partial charge >= 0.3 is 5.97 Å². The van der Waals surface area contributed by atoms with Crippen molar-refractivity contribution in [2.75, 3.05) is 7.11 Å². The monoisotopic (exact) mass is 326 g/mol. The summed E-state index contributed by atoms with van der Waals surface area (Å²) in [7, 11) is 1.52. The highest BCUT2D eigenvalue weighted by Gasteiger charge is 2.10. The Bertz CT molecular complexity index is 795. The SMILES string of the molecule is COc1ccc(O)c(/C=C(\C)C(=O)Oc2ccc(C(=N)N)cc2)c1. The molecular formula is C18H18N2O4. The molecule has 2 rings (SSSR count). The summed E-state index contributed by atoms with van der Waals surface area (Å²) in [6.07, 6.45) is 1.52. The Morgan fingerprint density at radius 2 is 1.79 bits per heavy atom. The van der Waals surface area contributed by atoms with Gasteiger partial charge in [0.2, 0.25) is 0 Å². The predicted octanol–water partition coefficient (Wildman–Crippen LogP) is 2.69. The number of phenols is 1. The highest BCUT2D eigenvalue weighted by molar-refractivity contribution is 5.96. The standard InChI is InChI=1S/C18H18N2O4/c1-11(9-13-10-15(23-2)7-8-16(13)21)18(22)24-14-5-3-12(4-6-14)17(19)20/h3-10,21H,1-2H3,(H3,19,20)/b11-9+. The topological polar surface area (TPSA) is 106 Å². The lowest BCUT2D eigenvalue weighted by Crippen LogP contribution is -2.12. The van der Waals surface area contributed by atoms with Crippen molar-refractivity contribution in [3.05, 3.63) is 59.2 Å². The van der Waals surface area contributed by atoms with E-state index in [1.807, 2.05) is 0 Å². The number of ether oxygens (including phenoxy) is 2. The van der Waals surface area contributed by atoms with Crippen LogP contribution in [0.15, 0.2) is 48.0 Å². The minimum Gasteiger partial charge on any atom is -0.507 e. The van der Waals surface area contributed by atoms with Crippen LogP contribution >= 0.6 is 0 Å². The Balaban J connectivity index is 2.15. The van der Waals surface area contributed by atoms with Crippen LogP contribution in [-0.2, 0) is 4.79 Å². The average molecular weight is 326 g/mol. The third kappa shape index (κ3) is 4.13. The summed E-state index contributed by atoms with van der Waals surface area (Å²) in [6, 6.07) is 11.0. The first-order chi connectivity index (χ1) is 11.4. The van der Waals surface area contributed by atoms with E-state index in [2.05, 4.69) is 0 Å². The molecule has 0 radical (unpaired) electrons. The Hall–Kier alpha value is -3.28. The van der Waals surface area contributed by atoms with Crippen LogP contribution in [0.25, 0.3) is 6.08 Å². The van der Waals surface area contributed by atoms with E-state index >= 15 is 0 Å². The van der Waals surface area contributed by atoms with Crippen molar-refractivity contribution in [2.45, 2.75) is 6.92 Å². The van der Waals surface area contributed by atoms with E-state index in [0.717, 1.165) is 0 Å². The van der Waals surface area contributed by atoms with E-state index in [0.29, 0.717) is 28.2 Å². The number of hydrogen-bond acceptors (Lipinski definition) is 5. The summed E-state index contributed by atoms with van der Waals surface area (Å²) in [5.74, 6) is 0.340. The normalized spacial score (nSPS) is 11.0. The number of rotatable bonds is 5. The minimum atomic E-state index is -0.548. The van der Waals surface area contributed by atoms with Gasteiger partial charge in [0, 0.05) is 16.7 Å². The third-order valence-corrected chi connectivity index (χ3v) is 3.30. The molecule has 0 aliphatic heterocycles. The van der Waals surface area contributed by atoms with Gasteiger partial charge in [-0.2, -0.15) is 0 Å². The number of benzene rings is 2. The van der Waals surface area contributed by atoms with Crippen LogP contribution in [0.5, 0.6) is 17.2 Å². The molecule has 0 saturated heterocycles. The van der Waals surface area contributed by atoms with Gasteiger partial charge in [-0.3, -0.25) is 5.41 Å². The minimum absolute atomic E-state index is 0.0359. The van der Waals surface area contributed by atoms with Crippen LogP contribution in [0.3, 0.4) is 0 Å². The van der Waals surface area contributed by atoms with E-state index < -0.39 is 5.97 Å². The molecule has 124 valence electrons. The molecule has 2 aromatic carbocycles. The summed E-state index contributed by atoms with van der Waals surface area (Å²) in [6.45, 7) is 1.59. The fourth-order valence-electron chi connectivity index (χ4n) is 1.96. The first-order valence-electron chi connectivity index (χ1n) is 7.12. The van der Waals surface area contributed by atoms with E-state index in [-0.39, 0.29) is 11.6 Å². The second-order valence-corrected chi connectivity index (χ2v) is 5.08. The van der Waals surface area contributed by atoms with Gasteiger partial charge in [-0.1, -0.05) is 0 Å². The van der Waals surface area contributed by atoms with Gasteiger partial charge in [-0.15, -0.1) is 0 Å². The highest BCUT2D eigenvalue weighted by atomic mass is 16.5. The van der Waals surface area contributed by atoms with Gasteiger partial charge in [0.25, 0.3) is 0 Å². The van der Waals surface area contributed by atoms with Gasteiger partial charge in [0.05, 0.1) is 7.11 Å². The number of phenolic OH excluding ortho intramolecular Hbond substituents is 1. The Kier molecular flexibility index (Phi) is 5.21. The molecule has 6 heteroatoms. The predicted molar refractivity (Wildman–Crippen MR) is 91.4 cm³/mol. The number of nitrogens with two attached hydrogens (primary N) is 1. The maximum atomic E-state index is 12.1. The third-order valence-electron chi connectivity index (χ3n) is 3.30. The number of nitrogens with one attached hydrogen (secondary N) is 1. The zero-order valence-corrected chi connectivity index (χ0v) is 13.4. The second-order valence-electron chi connectivity index (χ2n) is 5.08. The number of aromatic hydroxyl groups is 1. The van der Waals surface area contributed by atoms with E-state index in [4.69, 9.17) is 20.6 Å². The molecule has 0 heterocycles. The Labute approximate surface area is 139 Å². The lowest BCUT2D eigenvalue weighted by molar-refractivity contribution is -0.130. The smallest absolute Gasteiger partial charge is 0.339 e. The molecule has 2 aromatic rings. The summed E-state index contributed by atoms with van der Waals surface area (Å²) < 4.78 is 10.3. The van der Waals surface area contributed by atoms with Crippen molar-refractivity contribution in [3.8, 4) is 17.2 Å². The highest BCUT2D eigenvalue weighted by Crippen LogP contribution is 2.25. The molecule has 0 spiro atoms. The van der Waals surface area contributed by atoms with E-state index in [1.54, 1.807) is 43.3 Å². The molecule has 6 nitrogen and oxygen atoms in total. The van der Waals surface area contributed by atoms with Gasteiger partial charge < -0.3 is 20.3 Å². The summed E-state index contributed by atoms with van der Waals surface area (Å²) in [5, 5.41) is 17.2. The first-order valence-corrected chi connectivity index (χ1v) is 7.12. The lowest BCUT2D eigenvalue weighted by atomic mass is 10.1. The van der Waals surface area contributed by atoms with Crippen molar-refractivity contribution in [3.63, 3.8) is 0 Å². The van der Waals surface area contributed by atoms with Crippen LogP contribution in [0.4, 0.5) is 0 Å². The molecular weight excluding hydrogens is 308 g/mol. The number of carbonyl (C=O) groups is 1. The molecule has 0 atom stereocenters. The van der Waals surface area contributed by atoms with Crippen molar-refractivity contribution >= 4 is 17.9 Å². The number of hydrogen-bond donors (Lipinski definition) is 3. The average Bonchev–Trinajstić information content (AvgIpc) is 2.57. The zero-order valence-electron chi connectivity index (χ0n) is 13.4. The van der Waals surface area contributed by atoms with Crippen LogP contribution in [0, 0.1) is 5.41 Å². The number of methoxy groups -OCH3 is 1. The molecule has 0 aromatic heterocycles. The fourth-order valence-corrected chi connectivity index (χ4v) is 1.96. The Morgan fingerprint density at radius 1 is 1.17 bits per heavy atom. The van der Waals surface area contributed by atoms with Gasteiger partial charge in [-0.05, 0) is 55.5 Å². The molecule has 0 bridgehead atoms. The van der Waals surface area contributed by atoms with Crippen LogP contribution in [0.1, 0.15) is 18.1 Å². The maximum absolute atomic E-state index is 12.1. The van der Waals surface area contributed by atoms with Crippen LogP contribution in [-0.4, -0.2) is 24.0 Å². The molecule has 0 unspecified atom stereocenters. The van der Waals surface area contributed by atoms with Crippen molar-refractivity contribution in [1.82, 2.24) is 0 Å². The van der Waals surface area contributed by atoms with Crippen molar-refractivity contribution in [2.24, 2.45) is 5.73 Å².